The predicted octanol–water partition coefficient (Wildman–Crippen LogP) is 2.37. The molecule has 4 rings (SSSR count). The minimum Gasteiger partial charge on any atom is -0.459 e. The highest BCUT2D eigenvalue weighted by Crippen LogP contribution is 2.40. The molecule has 0 aromatic heterocycles. The van der Waals surface area contributed by atoms with Crippen LogP contribution in [0, 0.1) is 0 Å². The first-order chi connectivity index (χ1) is 14.1. The average Bonchev–Trinajstić information content (AvgIpc) is 2.76. The van der Waals surface area contributed by atoms with E-state index >= 15 is 0 Å². The summed E-state index contributed by atoms with van der Waals surface area (Å²) in [6, 6.07) is 16.6. The van der Waals surface area contributed by atoms with Crippen molar-refractivity contribution in [3.63, 3.8) is 0 Å². The predicted molar refractivity (Wildman–Crippen MR) is 110 cm³/mol. The number of ether oxygens (including phenoxy) is 1. The third-order valence-electron chi connectivity index (χ3n) is 4.95. The van der Waals surface area contributed by atoms with Crippen LogP contribution < -0.4 is 5.32 Å². The number of β-lactam (4-membered cyclic amide) rings is 1. The summed E-state index contributed by atoms with van der Waals surface area (Å²) in [5.41, 5.74) is 1.99. The summed E-state index contributed by atoms with van der Waals surface area (Å²) in [6.07, 6.45) is 0. The van der Waals surface area contributed by atoms with Gasteiger partial charge in [-0.05, 0) is 23.3 Å². The topological polar surface area (TPSA) is 75.7 Å². The molecule has 6 nitrogen and oxygen atoms in total. The third kappa shape index (κ3) is 3.78. The van der Waals surface area contributed by atoms with Crippen LogP contribution in [0.5, 0.6) is 0 Å². The van der Waals surface area contributed by atoms with Gasteiger partial charge in [0.25, 0.3) is 5.91 Å². The van der Waals surface area contributed by atoms with Crippen LogP contribution >= 0.6 is 11.8 Å². The molecule has 2 heterocycles. The Bertz CT molecular complexity index is 948. The van der Waals surface area contributed by atoms with E-state index in [4.69, 9.17) is 4.74 Å². The summed E-state index contributed by atoms with van der Waals surface area (Å²) in [5, 5.41) is 2.47. The Balaban J connectivity index is 1.42. The maximum absolute atomic E-state index is 12.7. The van der Waals surface area contributed by atoms with Gasteiger partial charge in [-0.25, -0.2) is 4.79 Å². The molecule has 2 saturated heterocycles. The Morgan fingerprint density at radius 2 is 1.76 bits per heavy atom. The Hall–Kier alpha value is -3.06. The minimum atomic E-state index is -0.817. The fourth-order valence-electron chi connectivity index (χ4n) is 3.44. The van der Waals surface area contributed by atoms with Gasteiger partial charge in [-0.15, -0.1) is 11.8 Å². The maximum atomic E-state index is 12.7. The van der Waals surface area contributed by atoms with E-state index in [1.807, 2.05) is 36.4 Å². The first-order valence-corrected chi connectivity index (χ1v) is 10.3. The molecule has 3 atom stereocenters. The lowest BCUT2D eigenvalue weighted by molar-refractivity contribution is -0.163. The number of amides is 2. The number of carbonyl (C=O) groups is 3. The maximum Gasteiger partial charge on any atom is 0.333 e. The van der Waals surface area contributed by atoms with Crippen molar-refractivity contribution >= 4 is 29.5 Å². The molecular weight excluding hydrogens is 388 g/mol. The Kier molecular flexibility index (Phi) is 5.40. The monoisotopic (exact) mass is 408 g/mol. The molecule has 2 aliphatic rings. The molecule has 2 fully saturated rings. The van der Waals surface area contributed by atoms with Gasteiger partial charge in [0, 0.05) is 11.3 Å². The van der Waals surface area contributed by atoms with Crippen molar-refractivity contribution in [3.05, 3.63) is 83.9 Å². The van der Waals surface area contributed by atoms with Gasteiger partial charge in [-0.1, -0.05) is 55.1 Å². The molecule has 2 aliphatic heterocycles. The summed E-state index contributed by atoms with van der Waals surface area (Å²) >= 11 is 1.49. The number of carbonyl (C=O) groups excluding carboxylic acids is 3. The lowest BCUT2D eigenvalue weighted by Gasteiger charge is -2.52. The van der Waals surface area contributed by atoms with E-state index in [0.29, 0.717) is 16.9 Å². The van der Waals surface area contributed by atoms with Gasteiger partial charge in [0.15, 0.2) is 6.04 Å². The number of thioether (sulfide) groups is 1. The summed E-state index contributed by atoms with van der Waals surface area (Å²) in [5.74, 6) is -0.575. The normalized spacial score (nSPS) is 23.0. The number of esters is 1. The van der Waals surface area contributed by atoms with Crippen LogP contribution in [0.1, 0.15) is 15.9 Å². The van der Waals surface area contributed by atoms with E-state index in [9.17, 15) is 14.4 Å². The number of benzene rings is 2. The fourth-order valence-corrected chi connectivity index (χ4v) is 4.75. The van der Waals surface area contributed by atoms with E-state index in [0.717, 1.165) is 5.56 Å². The molecule has 1 unspecified atom stereocenters. The molecule has 7 heteroatoms. The SMILES string of the molecule is C=C1CS[C@@H]2[C@H](NC(=O)c3ccccc3)C(=O)N2C1C(=O)OCc1ccccc1. The molecule has 148 valence electrons. The molecule has 2 amide bonds. The molecule has 2 aromatic rings. The van der Waals surface area contributed by atoms with E-state index in [1.165, 1.54) is 16.7 Å². The van der Waals surface area contributed by atoms with Crippen molar-refractivity contribution < 1.29 is 19.1 Å². The molecule has 29 heavy (non-hydrogen) atoms. The standard InChI is InChI=1S/C22H20N2O4S/c1-14-13-29-21-17(23-19(25)16-10-6-3-7-11-16)20(26)24(21)18(14)22(27)28-12-15-8-4-2-5-9-15/h2-11,17-18,21H,1,12-13H2,(H,23,25)/t17-,18?,21-/m1/s1. The van der Waals surface area contributed by atoms with Crippen LogP contribution in [0.3, 0.4) is 0 Å². The highest BCUT2D eigenvalue weighted by atomic mass is 32.2. The van der Waals surface area contributed by atoms with Gasteiger partial charge in [0.05, 0.1) is 0 Å². The zero-order valence-corrected chi connectivity index (χ0v) is 16.4. The van der Waals surface area contributed by atoms with Crippen molar-refractivity contribution in [2.45, 2.75) is 24.1 Å². The highest BCUT2D eigenvalue weighted by molar-refractivity contribution is 8.00. The van der Waals surface area contributed by atoms with E-state index in [-0.39, 0.29) is 23.8 Å². The minimum absolute atomic E-state index is 0.136. The van der Waals surface area contributed by atoms with Crippen molar-refractivity contribution in [1.82, 2.24) is 10.2 Å². The van der Waals surface area contributed by atoms with E-state index < -0.39 is 18.1 Å². The summed E-state index contributed by atoms with van der Waals surface area (Å²) in [4.78, 5) is 39.3. The molecular formula is C22H20N2O4S. The molecule has 2 aromatic carbocycles. The second-order valence-electron chi connectivity index (χ2n) is 6.92. The zero-order chi connectivity index (χ0) is 20.4. The van der Waals surface area contributed by atoms with Gasteiger partial charge < -0.3 is 15.0 Å². The van der Waals surface area contributed by atoms with Gasteiger partial charge in [-0.2, -0.15) is 0 Å². The number of hydrogen-bond donors (Lipinski definition) is 1. The summed E-state index contributed by atoms with van der Waals surface area (Å²) < 4.78 is 5.43. The van der Waals surface area contributed by atoms with Gasteiger partial charge in [-0.3, -0.25) is 9.59 Å². The summed E-state index contributed by atoms with van der Waals surface area (Å²) in [6.45, 7) is 4.09. The third-order valence-corrected chi connectivity index (χ3v) is 6.33. The highest BCUT2D eigenvalue weighted by Gasteiger charge is 2.56. The van der Waals surface area contributed by atoms with Crippen molar-refractivity contribution in [2.75, 3.05) is 5.75 Å². The Morgan fingerprint density at radius 1 is 1.10 bits per heavy atom. The molecule has 0 radical (unpaired) electrons. The fraction of sp³-hybridized carbons (Fsp3) is 0.227. The first kappa shape index (κ1) is 19.3. The lowest BCUT2D eigenvalue weighted by Crippen LogP contribution is -2.74. The molecule has 0 saturated carbocycles. The second kappa shape index (κ2) is 8.13. The Labute approximate surface area is 172 Å². The molecule has 1 N–H and O–H groups in total. The number of nitrogens with zero attached hydrogens (tertiary/aromatic N) is 1. The number of rotatable bonds is 5. The smallest absolute Gasteiger partial charge is 0.333 e. The molecule has 0 aliphatic carbocycles. The van der Waals surface area contributed by atoms with Crippen LogP contribution in [-0.2, 0) is 20.9 Å². The second-order valence-corrected chi connectivity index (χ2v) is 8.02. The summed E-state index contributed by atoms with van der Waals surface area (Å²) in [7, 11) is 0. The number of fused-ring (bicyclic) bond motifs is 1. The van der Waals surface area contributed by atoms with Crippen molar-refractivity contribution in [1.29, 1.82) is 0 Å². The average molecular weight is 408 g/mol. The van der Waals surface area contributed by atoms with Gasteiger partial charge in [0.1, 0.15) is 18.0 Å². The number of hydrogen-bond acceptors (Lipinski definition) is 5. The first-order valence-electron chi connectivity index (χ1n) is 9.24. The molecule has 0 spiro atoms. The largest absolute Gasteiger partial charge is 0.459 e. The van der Waals surface area contributed by atoms with Crippen LogP contribution in [0.15, 0.2) is 72.8 Å². The van der Waals surface area contributed by atoms with Crippen LogP contribution in [0.4, 0.5) is 0 Å². The van der Waals surface area contributed by atoms with Gasteiger partial charge >= 0.3 is 5.97 Å². The van der Waals surface area contributed by atoms with Crippen LogP contribution in [0.2, 0.25) is 0 Å². The molecule has 0 bridgehead atoms. The van der Waals surface area contributed by atoms with Gasteiger partial charge in [0.2, 0.25) is 5.91 Å². The van der Waals surface area contributed by atoms with E-state index in [1.54, 1.807) is 24.3 Å². The van der Waals surface area contributed by atoms with Crippen molar-refractivity contribution in [2.24, 2.45) is 0 Å². The zero-order valence-electron chi connectivity index (χ0n) is 15.6. The van der Waals surface area contributed by atoms with Crippen LogP contribution in [-0.4, -0.2) is 45.9 Å². The quantitative estimate of drug-likeness (QED) is 0.467. The van der Waals surface area contributed by atoms with Crippen molar-refractivity contribution in [3.8, 4) is 0 Å². The number of nitrogens with one attached hydrogen (secondary N) is 1. The van der Waals surface area contributed by atoms with Crippen LogP contribution in [0.25, 0.3) is 0 Å². The Morgan fingerprint density at radius 3 is 2.45 bits per heavy atom. The lowest BCUT2D eigenvalue weighted by atomic mass is 9.98. The van der Waals surface area contributed by atoms with E-state index in [2.05, 4.69) is 11.9 Å².